The van der Waals surface area contributed by atoms with E-state index in [0.29, 0.717) is 0 Å². The van der Waals surface area contributed by atoms with Crippen LogP contribution in [0.4, 0.5) is 0 Å². The molecule has 0 bridgehead atoms. The molecule has 14 heavy (non-hydrogen) atoms. The smallest absolute Gasteiger partial charge is 0.0254 e. The molecule has 0 heteroatoms. The van der Waals surface area contributed by atoms with Gasteiger partial charge in [-0.1, -0.05) is 62.4 Å². The minimum absolute atomic E-state index is 1.13. The maximum atomic E-state index is 3.84. The predicted molar refractivity (Wildman–Crippen MR) is 64.1 cm³/mol. The van der Waals surface area contributed by atoms with Crippen LogP contribution in [0.15, 0.2) is 48.6 Å². The molecule has 0 heterocycles. The molecule has 0 nitrogen and oxygen atoms in total. The molecule has 1 aromatic rings. The van der Waals surface area contributed by atoms with Gasteiger partial charge in [-0.25, -0.2) is 0 Å². The molecule has 0 aliphatic carbocycles. The van der Waals surface area contributed by atoms with Crippen LogP contribution in [-0.2, 0) is 0 Å². The molecule has 74 valence electrons. The Hall–Kier alpha value is -1.30. The van der Waals surface area contributed by atoms with Gasteiger partial charge in [-0.2, -0.15) is 0 Å². The third-order valence-corrected chi connectivity index (χ3v) is 2.23. The highest BCUT2D eigenvalue weighted by Crippen LogP contribution is 2.13. The zero-order chi connectivity index (χ0) is 10.2. The SMILES string of the molecule is C=C/C(=C\c1ccccc1)CCCC. The number of unbranched alkanes of at least 4 members (excludes halogenated alkanes) is 1. The Kier molecular flexibility index (Phi) is 4.77. The Morgan fingerprint density at radius 1 is 1.29 bits per heavy atom. The van der Waals surface area contributed by atoms with Gasteiger partial charge in [0.2, 0.25) is 0 Å². The summed E-state index contributed by atoms with van der Waals surface area (Å²) in [4.78, 5) is 0. The molecule has 1 rings (SSSR count). The summed E-state index contributed by atoms with van der Waals surface area (Å²) in [5, 5.41) is 0. The van der Waals surface area contributed by atoms with Crippen LogP contribution in [0.3, 0.4) is 0 Å². The van der Waals surface area contributed by atoms with Crippen molar-refractivity contribution >= 4 is 6.08 Å². The van der Waals surface area contributed by atoms with Crippen molar-refractivity contribution in [2.24, 2.45) is 0 Å². The molecule has 0 amide bonds. The molecule has 0 saturated heterocycles. The van der Waals surface area contributed by atoms with Crippen molar-refractivity contribution in [3.8, 4) is 0 Å². The quantitative estimate of drug-likeness (QED) is 0.596. The fourth-order valence-electron chi connectivity index (χ4n) is 1.38. The average molecular weight is 186 g/mol. The first-order valence-corrected chi connectivity index (χ1v) is 5.25. The van der Waals surface area contributed by atoms with Gasteiger partial charge < -0.3 is 0 Å². The van der Waals surface area contributed by atoms with E-state index >= 15 is 0 Å². The normalized spacial score (nSPS) is 11.4. The zero-order valence-electron chi connectivity index (χ0n) is 8.87. The van der Waals surface area contributed by atoms with Crippen LogP contribution in [0.2, 0.25) is 0 Å². The summed E-state index contributed by atoms with van der Waals surface area (Å²) in [6.07, 6.45) is 7.78. The largest absolute Gasteiger partial charge is 0.0988 e. The van der Waals surface area contributed by atoms with Crippen LogP contribution in [-0.4, -0.2) is 0 Å². The average Bonchev–Trinajstić information content (AvgIpc) is 2.25. The molecule has 0 aromatic heterocycles. The molecule has 0 spiro atoms. The second-order valence-electron chi connectivity index (χ2n) is 3.44. The van der Waals surface area contributed by atoms with Crippen molar-refractivity contribution in [2.45, 2.75) is 26.2 Å². The van der Waals surface area contributed by atoms with E-state index in [2.05, 4.69) is 43.8 Å². The number of allylic oxidation sites excluding steroid dienone is 2. The highest BCUT2D eigenvalue weighted by atomic mass is 14.0. The van der Waals surface area contributed by atoms with Crippen molar-refractivity contribution in [1.29, 1.82) is 0 Å². The Morgan fingerprint density at radius 2 is 2.00 bits per heavy atom. The van der Waals surface area contributed by atoms with Gasteiger partial charge in [0.25, 0.3) is 0 Å². The van der Waals surface area contributed by atoms with Crippen molar-refractivity contribution < 1.29 is 0 Å². The Labute approximate surface area is 87.0 Å². The van der Waals surface area contributed by atoms with E-state index in [4.69, 9.17) is 0 Å². The van der Waals surface area contributed by atoms with Gasteiger partial charge in [-0.3, -0.25) is 0 Å². The number of hydrogen-bond acceptors (Lipinski definition) is 0. The Balaban J connectivity index is 2.68. The summed E-state index contributed by atoms with van der Waals surface area (Å²) in [6.45, 7) is 6.05. The Morgan fingerprint density at radius 3 is 2.57 bits per heavy atom. The van der Waals surface area contributed by atoms with Gasteiger partial charge in [0.1, 0.15) is 0 Å². The highest BCUT2D eigenvalue weighted by molar-refractivity contribution is 5.55. The van der Waals surface area contributed by atoms with E-state index in [1.807, 2.05) is 12.1 Å². The van der Waals surface area contributed by atoms with E-state index < -0.39 is 0 Å². The van der Waals surface area contributed by atoms with Gasteiger partial charge in [0.05, 0.1) is 0 Å². The number of benzene rings is 1. The third kappa shape index (κ3) is 3.61. The van der Waals surface area contributed by atoms with E-state index in [1.165, 1.54) is 24.0 Å². The molecule has 1 aromatic carbocycles. The van der Waals surface area contributed by atoms with E-state index in [-0.39, 0.29) is 0 Å². The van der Waals surface area contributed by atoms with Gasteiger partial charge >= 0.3 is 0 Å². The first kappa shape index (κ1) is 10.8. The second-order valence-corrected chi connectivity index (χ2v) is 3.44. The van der Waals surface area contributed by atoms with Crippen LogP contribution in [0.5, 0.6) is 0 Å². The molecule has 0 N–H and O–H groups in total. The maximum Gasteiger partial charge on any atom is -0.0254 e. The standard InChI is InChI=1S/C14H18/c1-3-5-9-13(4-2)12-14-10-7-6-8-11-14/h4,6-8,10-12H,2-3,5,9H2,1H3/b13-12+. The summed E-state index contributed by atoms with van der Waals surface area (Å²) in [5.41, 5.74) is 2.59. The van der Waals surface area contributed by atoms with Gasteiger partial charge in [0, 0.05) is 0 Å². The molecule has 0 aliphatic heterocycles. The number of hydrogen-bond donors (Lipinski definition) is 0. The van der Waals surface area contributed by atoms with E-state index in [1.54, 1.807) is 0 Å². The summed E-state index contributed by atoms with van der Waals surface area (Å²) < 4.78 is 0. The molecule has 0 saturated carbocycles. The monoisotopic (exact) mass is 186 g/mol. The highest BCUT2D eigenvalue weighted by Gasteiger charge is 1.92. The lowest BCUT2D eigenvalue weighted by atomic mass is 10.1. The lowest BCUT2D eigenvalue weighted by molar-refractivity contribution is 0.801. The molecule has 0 fully saturated rings. The fraction of sp³-hybridized carbons (Fsp3) is 0.286. The van der Waals surface area contributed by atoms with Crippen LogP contribution in [0.25, 0.3) is 6.08 Å². The summed E-state index contributed by atoms with van der Waals surface area (Å²) >= 11 is 0. The first-order valence-electron chi connectivity index (χ1n) is 5.25. The molecule has 0 aliphatic rings. The van der Waals surface area contributed by atoms with Gasteiger partial charge in [0.15, 0.2) is 0 Å². The van der Waals surface area contributed by atoms with Crippen molar-refractivity contribution in [2.75, 3.05) is 0 Å². The van der Waals surface area contributed by atoms with Gasteiger partial charge in [-0.15, -0.1) is 0 Å². The van der Waals surface area contributed by atoms with E-state index in [0.717, 1.165) is 6.42 Å². The van der Waals surface area contributed by atoms with Crippen molar-refractivity contribution in [3.63, 3.8) is 0 Å². The van der Waals surface area contributed by atoms with Crippen LogP contribution in [0.1, 0.15) is 31.7 Å². The lowest BCUT2D eigenvalue weighted by Crippen LogP contribution is -1.79. The van der Waals surface area contributed by atoms with E-state index in [9.17, 15) is 0 Å². The molecule has 0 unspecified atom stereocenters. The summed E-state index contributed by atoms with van der Waals surface area (Å²) in [6, 6.07) is 10.4. The minimum atomic E-state index is 1.13. The fourth-order valence-corrected chi connectivity index (χ4v) is 1.38. The topological polar surface area (TPSA) is 0 Å². The van der Waals surface area contributed by atoms with Crippen LogP contribution in [0, 0.1) is 0 Å². The van der Waals surface area contributed by atoms with Gasteiger partial charge in [-0.05, 0) is 24.0 Å². The molecular weight excluding hydrogens is 168 g/mol. The van der Waals surface area contributed by atoms with Crippen LogP contribution >= 0.6 is 0 Å². The zero-order valence-corrected chi connectivity index (χ0v) is 8.87. The first-order chi connectivity index (χ1) is 6.86. The maximum absolute atomic E-state index is 3.84. The predicted octanol–water partition coefficient (Wildman–Crippen LogP) is 4.45. The number of rotatable bonds is 5. The Bertz CT molecular complexity index is 293. The molecule has 0 atom stereocenters. The van der Waals surface area contributed by atoms with Crippen LogP contribution < -0.4 is 0 Å². The minimum Gasteiger partial charge on any atom is -0.0988 e. The second kappa shape index (κ2) is 6.20. The third-order valence-electron chi connectivity index (χ3n) is 2.23. The van der Waals surface area contributed by atoms with Crippen molar-refractivity contribution in [1.82, 2.24) is 0 Å². The summed E-state index contributed by atoms with van der Waals surface area (Å²) in [5.74, 6) is 0. The molecule has 0 radical (unpaired) electrons. The molecular formula is C14H18. The summed E-state index contributed by atoms with van der Waals surface area (Å²) in [7, 11) is 0. The van der Waals surface area contributed by atoms with Crippen molar-refractivity contribution in [3.05, 3.63) is 54.1 Å². The lowest BCUT2D eigenvalue weighted by Gasteiger charge is -2.00.